The molecule has 0 saturated heterocycles. The molecule has 1 aromatic rings. The molecule has 0 aromatic heterocycles. The van der Waals surface area contributed by atoms with E-state index in [-0.39, 0.29) is 11.1 Å². The monoisotopic (exact) mass is 380 g/mol. The fraction of sp³-hybridized carbons (Fsp3) is 0.650. The second-order valence-electron chi connectivity index (χ2n) is 9.36. The zero-order chi connectivity index (χ0) is 20.2. The van der Waals surface area contributed by atoms with Crippen LogP contribution in [0.5, 0.6) is 0 Å². The summed E-state index contributed by atoms with van der Waals surface area (Å²) in [6.07, 6.45) is 0.241. The summed E-state index contributed by atoms with van der Waals surface area (Å²) in [4.78, 5) is 12.2. The number of alkyl carbamates (subject to hydrolysis) is 1. The van der Waals surface area contributed by atoms with Gasteiger partial charge in [0.25, 0.3) is 0 Å². The molecular formula is C20H36N2O3Si. The minimum atomic E-state index is -1.90. The maximum atomic E-state index is 12.2. The maximum Gasteiger partial charge on any atom is 0.407 e. The molecular weight excluding hydrogens is 344 g/mol. The maximum absolute atomic E-state index is 12.2. The molecule has 1 amide bonds. The van der Waals surface area contributed by atoms with Gasteiger partial charge in [0, 0.05) is 5.69 Å². The number of benzene rings is 1. The number of carbonyl (C=O) groups excluding carboxylic acids is 1. The number of nitrogen functional groups attached to an aromatic ring is 1. The summed E-state index contributed by atoms with van der Waals surface area (Å²) < 4.78 is 11.7. The van der Waals surface area contributed by atoms with Crippen LogP contribution in [-0.4, -0.2) is 32.7 Å². The summed E-state index contributed by atoms with van der Waals surface area (Å²) in [5, 5.41) is 3.08. The van der Waals surface area contributed by atoms with E-state index in [2.05, 4.69) is 39.2 Å². The van der Waals surface area contributed by atoms with Crippen molar-refractivity contribution < 1.29 is 14.0 Å². The Morgan fingerprint density at radius 3 is 2.12 bits per heavy atom. The van der Waals surface area contributed by atoms with Crippen LogP contribution in [0.4, 0.5) is 10.5 Å². The molecule has 0 spiro atoms. The van der Waals surface area contributed by atoms with Crippen molar-refractivity contribution in [3.63, 3.8) is 0 Å². The third-order valence-electron chi connectivity index (χ3n) is 4.63. The van der Waals surface area contributed by atoms with Gasteiger partial charge in [-0.15, -0.1) is 0 Å². The van der Waals surface area contributed by atoms with Crippen LogP contribution in [0.25, 0.3) is 0 Å². The molecule has 5 nitrogen and oxygen atoms in total. The molecule has 0 aliphatic carbocycles. The predicted molar refractivity (Wildman–Crippen MR) is 111 cm³/mol. The molecule has 0 saturated carbocycles. The molecule has 1 aromatic carbocycles. The van der Waals surface area contributed by atoms with Crippen LogP contribution in [0, 0.1) is 0 Å². The van der Waals surface area contributed by atoms with Gasteiger partial charge >= 0.3 is 6.09 Å². The van der Waals surface area contributed by atoms with Crippen molar-refractivity contribution in [3.8, 4) is 0 Å². The smallest absolute Gasteiger partial charge is 0.407 e. The second-order valence-corrected chi connectivity index (χ2v) is 14.2. The topological polar surface area (TPSA) is 73.6 Å². The van der Waals surface area contributed by atoms with E-state index in [1.165, 1.54) is 0 Å². The molecule has 1 atom stereocenters. The van der Waals surface area contributed by atoms with Gasteiger partial charge in [-0.25, -0.2) is 4.79 Å². The van der Waals surface area contributed by atoms with Crippen LogP contribution in [0.1, 0.15) is 47.1 Å². The molecule has 3 N–H and O–H groups in total. The number of anilines is 1. The zero-order valence-electron chi connectivity index (χ0n) is 17.6. The predicted octanol–water partition coefficient (Wildman–Crippen LogP) is 4.73. The summed E-state index contributed by atoms with van der Waals surface area (Å²) >= 11 is 0. The van der Waals surface area contributed by atoms with Gasteiger partial charge in [0.05, 0.1) is 12.6 Å². The van der Waals surface area contributed by atoms with Gasteiger partial charge in [0.15, 0.2) is 8.32 Å². The molecule has 0 aliphatic rings. The first-order valence-corrected chi connectivity index (χ1v) is 12.1. The lowest BCUT2D eigenvalue weighted by Crippen LogP contribution is -2.48. The van der Waals surface area contributed by atoms with Gasteiger partial charge in [0.1, 0.15) is 5.60 Å². The highest BCUT2D eigenvalue weighted by atomic mass is 28.4. The molecule has 0 aliphatic heterocycles. The fourth-order valence-corrected chi connectivity index (χ4v) is 3.14. The minimum absolute atomic E-state index is 0.116. The standard InChI is InChI=1S/C20H36N2O3Si/c1-19(2,3)25-18(23)22-17(13-15-9-11-16(21)12-10-15)14-24-26(7,8)20(4,5)6/h9-12,17H,13-14,21H2,1-8H3,(H,22,23)/t17-/m0/s1. The second kappa shape index (κ2) is 8.44. The van der Waals surface area contributed by atoms with Gasteiger partial charge in [-0.1, -0.05) is 32.9 Å². The molecule has 0 fully saturated rings. The first-order chi connectivity index (χ1) is 11.7. The average Bonchev–Trinajstić information content (AvgIpc) is 2.44. The molecule has 6 heteroatoms. The van der Waals surface area contributed by atoms with Crippen LogP contribution in [-0.2, 0) is 15.6 Å². The van der Waals surface area contributed by atoms with E-state index in [9.17, 15) is 4.79 Å². The number of amides is 1. The van der Waals surface area contributed by atoms with E-state index in [1.54, 1.807) is 0 Å². The molecule has 0 heterocycles. The van der Waals surface area contributed by atoms with Crippen molar-refractivity contribution in [2.75, 3.05) is 12.3 Å². The summed E-state index contributed by atoms with van der Waals surface area (Å²) in [6.45, 7) is 17.1. The Morgan fingerprint density at radius 1 is 1.12 bits per heavy atom. The first kappa shape index (κ1) is 22.5. The van der Waals surface area contributed by atoms with Crippen LogP contribution >= 0.6 is 0 Å². The number of hydrogen-bond acceptors (Lipinski definition) is 4. The van der Waals surface area contributed by atoms with Crippen molar-refractivity contribution in [1.82, 2.24) is 5.32 Å². The molecule has 0 radical (unpaired) electrons. The lowest BCUT2D eigenvalue weighted by Gasteiger charge is -2.37. The van der Waals surface area contributed by atoms with Gasteiger partial charge in [-0.05, 0) is 63.0 Å². The van der Waals surface area contributed by atoms with E-state index in [0.29, 0.717) is 13.0 Å². The third-order valence-corrected chi connectivity index (χ3v) is 9.13. The van der Waals surface area contributed by atoms with Crippen molar-refractivity contribution >= 4 is 20.1 Å². The number of nitrogens with one attached hydrogen (secondary N) is 1. The number of carbonyl (C=O) groups is 1. The summed E-state index contributed by atoms with van der Waals surface area (Å²) in [5.74, 6) is 0. The van der Waals surface area contributed by atoms with Crippen molar-refractivity contribution in [2.24, 2.45) is 0 Å². The minimum Gasteiger partial charge on any atom is -0.444 e. The highest BCUT2D eigenvalue weighted by Crippen LogP contribution is 2.36. The normalized spacial score (nSPS) is 14.0. The van der Waals surface area contributed by atoms with E-state index in [0.717, 1.165) is 11.3 Å². The SMILES string of the molecule is CC(C)(C)OC(=O)N[C@H](CO[Si](C)(C)C(C)(C)C)Cc1ccc(N)cc1. The Labute approximate surface area is 159 Å². The fourth-order valence-electron chi connectivity index (χ4n) is 2.09. The molecule has 1 rings (SSSR count). The van der Waals surface area contributed by atoms with Crippen LogP contribution in [0.3, 0.4) is 0 Å². The first-order valence-electron chi connectivity index (χ1n) is 9.17. The third kappa shape index (κ3) is 7.79. The Bertz CT molecular complexity index is 587. The number of ether oxygens (including phenoxy) is 1. The van der Waals surface area contributed by atoms with Crippen LogP contribution < -0.4 is 11.1 Å². The van der Waals surface area contributed by atoms with Crippen molar-refractivity contribution in [3.05, 3.63) is 29.8 Å². The summed E-state index contributed by atoms with van der Waals surface area (Å²) in [7, 11) is -1.90. The Hall–Kier alpha value is -1.53. The Balaban J connectivity index is 2.83. The van der Waals surface area contributed by atoms with Crippen molar-refractivity contribution in [2.45, 2.75) is 77.7 Å². The van der Waals surface area contributed by atoms with Crippen molar-refractivity contribution in [1.29, 1.82) is 0 Å². The number of rotatable bonds is 6. The lowest BCUT2D eigenvalue weighted by molar-refractivity contribution is 0.0485. The highest BCUT2D eigenvalue weighted by molar-refractivity contribution is 6.74. The van der Waals surface area contributed by atoms with E-state index < -0.39 is 20.0 Å². The summed E-state index contributed by atoms with van der Waals surface area (Å²) in [6, 6.07) is 7.53. The number of nitrogens with two attached hydrogens (primary N) is 1. The lowest BCUT2D eigenvalue weighted by atomic mass is 10.1. The largest absolute Gasteiger partial charge is 0.444 e. The molecule has 26 heavy (non-hydrogen) atoms. The zero-order valence-corrected chi connectivity index (χ0v) is 18.6. The summed E-state index contributed by atoms with van der Waals surface area (Å²) in [5.41, 5.74) is 7.05. The van der Waals surface area contributed by atoms with Gasteiger partial charge in [0.2, 0.25) is 0 Å². The molecule has 0 unspecified atom stereocenters. The van der Waals surface area contributed by atoms with E-state index in [4.69, 9.17) is 14.9 Å². The van der Waals surface area contributed by atoms with Gasteiger partial charge < -0.3 is 20.2 Å². The molecule has 0 bridgehead atoms. The van der Waals surface area contributed by atoms with Crippen LogP contribution in [0.15, 0.2) is 24.3 Å². The Morgan fingerprint density at radius 2 is 1.65 bits per heavy atom. The average molecular weight is 381 g/mol. The van der Waals surface area contributed by atoms with E-state index in [1.807, 2.05) is 45.0 Å². The highest BCUT2D eigenvalue weighted by Gasteiger charge is 2.37. The van der Waals surface area contributed by atoms with Gasteiger partial charge in [-0.3, -0.25) is 0 Å². The van der Waals surface area contributed by atoms with Crippen LogP contribution in [0.2, 0.25) is 18.1 Å². The molecule has 148 valence electrons. The van der Waals surface area contributed by atoms with Gasteiger partial charge in [-0.2, -0.15) is 0 Å². The van der Waals surface area contributed by atoms with E-state index >= 15 is 0 Å². The number of hydrogen-bond donors (Lipinski definition) is 2. The quantitative estimate of drug-likeness (QED) is 0.553. The Kier molecular flexibility index (Phi) is 7.30.